The topological polar surface area (TPSA) is 77.2 Å². The summed E-state index contributed by atoms with van der Waals surface area (Å²) in [5.74, 6) is -0.132. The highest BCUT2D eigenvalue weighted by Gasteiger charge is 2.20. The van der Waals surface area contributed by atoms with E-state index >= 15 is 0 Å². The van der Waals surface area contributed by atoms with Gasteiger partial charge in [-0.3, -0.25) is 4.79 Å². The number of alkyl halides is 2. The highest BCUT2D eigenvalue weighted by molar-refractivity contribution is 8.00. The lowest BCUT2D eigenvalue weighted by molar-refractivity contribution is -0.115. The number of ether oxygens (including phenoxy) is 1. The standard InChI is InChI=1S/C16H13F2N3O3S2/c1-9(26-16-21-20-14(24-16)12-7-4-8-25-12)13(22)19-10-5-2-3-6-11(10)23-15(17)18/h2-9,15H,1H3,(H,19,22)/t9-/m0/s1. The van der Waals surface area contributed by atoms with E-state index in [1.54, 1.807) is 13.0 Å². The first-order valence-corrected chi connectivity index (χ1v) is 9.17. The molecule has 0 aliphatic carbocycles. The van der Waals surface area contributed by atoms with E-state index in [1.165, 1.54) is 29.5 Å². The lowest BCUT2D eigenvalue weighted by atomic mass is 10.3. The molecular weight excluding hydrogens is 384 g/mol. The zero-order chi connectivity index (χ0) is 18.5. The molecule has 0 saturated heterocycles. The van der Waals surface area contributed by atoms with Gasteiger partial charge in [-0.05, 0) is 30.5 Å². The molecule has 26 heavy (non-hydrogen) atoms. The summed E-state index contributed by atoms with van der Waals surface area (Å²) in [7, 11) is 0. The third kappa shape index (κ3) is 4.58. The van der Waals surface area contributed by atoms with Gasteiger partial charge in [0.2, 0.25) is 5.91 Å². The summed E-state index contributed by atoms with van der Waals surface area (Å²) in [4.78, 5) is 13.2. The second-order valence-corrected chi connectivity index (χ2v) is 7.21. The number of benzene rings is 1. The molecule has 2 heterocycles. The van der Waals surface area contributed by atoms with Crippen molar-refractivity contribution in [3.8, 4) is 16.5 Å². The van der Waals surface area contributed by atoms with Gasteiger partial charge in [0.25, 0.3) is 11.1 Å². The first-order chi connectivity index (χ1) is 12.5. The SMILES string of the molecule is C[C@H](Sc1nnc(-c2cccs2)o1)C(=O)Nc1ccccc1OC(F)F. The number of rotatable bonds is 7. The third-order valence-electron chi connectivity index (χ3n) is 3.15. The lowest BCUT2D eigenvalue weighted by Crippen LogP contribution is -2.23. The van der Waals surface area contributed by atoms with E-state index < -0.39 is 17.8 Å². The van der Waals surface area contributed by atoms with Gasteiger partial charge in [0.05, 0.1) is 15.8 Å². The van der Waals surface area contributed by atoms with Crippen LogP contribution in [0, 0.1) is 0 Å². The zero-order valence-corrected chi connectivity index (χ0v) is 15.0. The van der Waals surface area contributed by atoms with E-state index in [-0.39, 0.29) is 16.7 Å². The number of hydrogen-bond acceptors (Lipinski definition) is 7. The lowest BCUT2D eigenvalue weighted by Gasteiger charge is -2.13. The highest BCUT2D eigenvalue weighted by Crippen LogP contribution is 2.30. The number of hydrogen-bond donors (Lipinski definition) is 1. The first kappa shape index (κ1) is 18.3. The molecule has 2 aromatic heterocycles. The molecule has 1 amide bonds. The number of amides is 1. The molecule has 0 fully saturated rings. The smallest absolute Gasteiger partial charge is 0.387 e. The molecule has 0 aliphatic rings. The minimum Gasteiger partial charge on any atom is -0.433 e. The molecule has 1 N–H and O–H groups in total. The number of nitrogens with zero attached hydrogens (tertiary/aromatic N) is 2. The monoisotopic (exact) mass is 397 g/mol. The van der Waals surface area contributed by atoms with Gasteiger partial charge in [-0.2, -0.15) is 8.78 Å². The first-order valence-electron chi connectivity index (χ1n) is 7.41. The van der Waals surface area contributed by atoms with Crippen LogP contribution in [-0.4, -0.2) is 28.0 Å². The predicted molar refractivity (Wildman–Crippen MR) is 94.6 cm³/mol. The van der Waals surface area contributed by atoms with Gasteiger partial charge in [0, 0.05) is 0 Å². The van der Waals surface area contributed by atoms with E-state index in [1.807, 2.05) is 17.5 Å². The second kappa shape index (κ2) is 8.28. The van der Waals surface area contributed by atoms with Crippen molar-refractivity contribution in [2.45, 2.75) is 24.0 Å². The van der Waals surface area contributed by atoms with Crippen LogP contribution in [0.5, 0.6) is 5.75 Å². The molecule has 0 saturated carbocycles. The summed E-state index contributed by atoms with van der Waals surface area (Å²) in [6.07, 6.45) is 0. The van der Waals surface area contributed by atoms with Crippen LogP contribution in [0.15, 0.2) is 51.4 Å². The number of carbonyl (C=O) groups excluding carboxylic acids is 1. The Balaban J connectivity index is 1.64. The number of halogens is 2. The quantitative estimate of drug-likeness (QED) is 0.591. The maximum absolute atomic E-state index is 12.4. The van der Waals surface area contributed by atoms with Crippen molar-refractivity contribution in [2.75, 3.05) is 5.32 Å². The zero-order valence-electron chi connectivity index (χ0n) is 13.4. The summed E-state index contributed by atoms with van der Waals surface area (Å²) in [6, 6.07) is 9.70. The Morgan fingerprint density at radius 3 is 2.81 bits per heavy atom. The number of nitrogens with one attached hydrogen (secondary N) is 1. The summed E-state index contributed by atoms with van der Waals surface area (Å²) in [5.41, 5.74) is 0.162. The van der Waals surface area contributed by atoms with Crippen LogP contribution in [0.1, 0.15) is 6.92 Å². The number of anilines is 1. The number of thioether (sulfide) groups is 1. The van der Waals surface area contributed by atoms with Crippen LogP contribution in [0.4, 0.5) is 14.5 Å². The largest absolute Gasteiger partial charge is 0.433 e. The van der Waals surface area contributed by atoms with Crippen LogP contribution < -0.4 is 10.1 Å². The predicted octanol–water partition coefficient (Wildman–Crippen LogP) is 4.52. The van der Waals surface area contributed by atoms with Crippen molar-refractivity contribution >= 4 is 34.7 Å². The molecule has 0 bridgehead atoms. The maximum atomic E-state index is 12.4. The summed E-state index contributed by atoms with van der Waals surface area (Å²) in [5, 5.41) is 12.0. The molecule has 1 atom stereocenters. The average molecular weight is 397 g/mol. The van der Waals surface area contributed by atoms with Crippen molar-refractivity contribution < 1.29 is 22.7 Å². The Bertz CT molecular complexity index is 871. The maximum Gasteiger partial charge on any atom is 0.387 e. The number of thiophene rings is 1. The van der Waals surface area contributed by atoms with Crippen molar-refractivity contribution in [3.05, 3.63) is 41.8 Å². The van der Waals surface area contributed by atoms with Crippen LogP contribution in [0.25, 0.3) is 10.8 Å². The van der Waals surface area contributed by atoms with Crippen molar-refractivity contribution in [1.82, 2.24) is 10.2 Å². The summed E-state index contributed by atoms with van der Waals surface area (Å²) >= 11 is 2.53. The van der Waals surface area contributed by atoms with Crippen LogP contribution >= 0.6 is 23.1 Å². The molecular formula is C16H13F2N3O3S2. The Labute approximate surface area is 155 Å². The molecule has 3 aromatic rings. The summed E-state index contributed by atoms with van der Waals surface area (Å²) in [6.45, 7) is -1.33. The third-order valence-corrected chi connectivity index (χ3v) is 4.94. The molecule has 0 unspecified atom stereocenters. The molecule has 136 valence electrons. The van der Waals surface area contributed by atoms with Crippen molar-refractivity contribution in [1.29, 1.82) is 0 Å². The Morgan fingerprint density at radius 1 is 1.27 bits per heavy atom. The fourth-order valence-electron chi connectivity index (χ4n) is 1.96. The van der Waals surface area contributed by atoms with Crippen LogP contribution in [0.2, 0.25) is 0 Å². The van der Waals surface area contributed by atoms with Crippen molar-refractivity contribution in [3.63, 3.8) is 0 Å². The highest BCUT2D eigenvalue weighted by atomic mass is 32.2. The average Bonchev–Trinajstić information content (AvgIpc) is 3.27. The van der Waals surface area contributed by atoms with Gasteiger partial charge in [0.15, 0.2) is 0 Å². The van der Waals surface area contributed by atoms with Crippen LogP contribution in [-0.2, 0) is 4.79 Å². The summed E-state index contributed by atoms with van der Waals surface area (Å²) < 4.78 is 34.8. The van der Waals surface area contributed by atoms with E-state index in [9.17, 15) is 13.6 Å². The van der Waals surface area contributed by atoms with Gasteiger partial charge in [0.1, 0.15) is 5.75 Å². The van der Waals surface area contributed by atoms with Gasteiger partial charge in [-0.1, -0.05) is 30.0 Å². The molecule has 1 aromatic carbocycles. The Morgan fingerprint density at radius 2 is 2.08 bits per heavy atom. The van der Waals surface area contributed by atoms with E-state index in [0.29, 0.717) is 5.89 Å². The van der Waals surface area contributed by atoms with E-state index in [0.717, 1.165) is 16.6 Å². The Kier molecular flexibility index (Phi) is 5.84. The van der Waals surface area contributed by atoms with E-state index in [2.05, 4.69) is 20.3 Å². The molecule has 0 spiro atoms. The fraction of sp³-hybridized carbons (Fsp3) is 0.188. The fourth-order valence-corrected chi connectivity index (χ4v) is 3.29. The molecule has 0 radical (unpaired) electrons. The number of para-hydroxylation sites is 2. The van der Waals surface area contributed by atoms with Crippen LogP contribution in [0.3, 0.4) is 0 Å². The van der Waals surface area contributed by atoms with Gasteiger partial charge < -0.3 is 14.5 Å². The molecule has 0 aliphatic heterocycles. The second-order valence-electron chi connectivity index (χ2n) is 4.97. The number of carbonyl (C=O) groups is 1. The molecule has 3 rings (SSSR count). The Hall–Kier alpha value is -2.46. The van der Waals surface area contributed by atoms with Gasteiger partial charge >= 0.3 is 6.61 Å². The van der Waals surface area contributed by atoms with Crippen molar-refractivity contribution in [2.24, 2.45) is 0 Å². The molecule has 10 heteroatoms. The molecule has 6 nitrogen and oxygen atoms in total. The minimum absolute atomic E-state index is 0.106. The van der Waals surface area contributed by atoms with E-state index in [4.69, 9.17) is 4.42 Å². The normalized spacial score (nSPS) is 12.2. The van der Waals surface area contributed by atoms with Gasteiger partial charge in [-0.15, -0.1) is 21.5 Å². The van der Waals surface area contributed by atoms with Gasteiger partial charge in [-0.25, -0.2) is 0 Å². The number of aromatic nitrogens is 2. The minimum atomic E-state index is -2.98.